The lowest BCUT2D eigenvalue weighted by molar-refractivity contribution is 0.242. The molecule has 4 nitrogen and oxygen atoms in total. The Kier molecular flexibility index (Phi) is 6.50. The zero-order chi connectivity index (χ0) is 17.5. The minimum atomic E-state index is 0.163. The van der Waals surface area contributed by atoms with Gasteiger partial charge in [-0.05, 0) is 62.2 Å². The smallest absolute Gasteiger partial charge is 0.160 e. The van der Waals surface area contributed by atoms with Crippen molar-refractivity contribution in [2.24, 2.45) is 5.73 Å². The van der Waals surface area contributed by atoms with Gasteiger partial charge < -0.3 is 19.9 Å². The van der Waals surface area contributed by atoms with E-state index < -0.39 is 0 Å². The third-order valence-corrected chi connectivity index (χ3v) is 3.92. The van der Waals surface area contributed by atoms with E-state index >= 15 is 0 Å². The normalized spacial score (nSPS) is 12.1. The van der Waals surface area contributed by atoms with Crippen molar-refractivity contribution in [3.05, 3.63) is 53.6 Å². The maximum atomic E-state index is 6.03. The molecule has 2 aromatic rings. The van der Waals surface area contributed by atoms with Crippen LogP contribution in [0, 0.1) is 0 Å². The van der Waals surface area contributed by atoms with Crippen molar-refractivity contribution in [3.8, 4) is 17.2 Å². The molecule has 24 heavy (non-hydrogen) atoms. The topological polar surface area (TPSA) is 53.7 Å². The fraction of sp³-hybridized carbons (Fsp3) is 0.400. The highest BCUT2D eigenvalue weighted by Gasteiger charge is 2.14. The molecular formula is C20H27NO3. The summed E-state index contributed by atoms with van der Waals surface area (Å²) in [6, 6.07) is 14.2. The van der Waals surface area contributed by atoms with Gasteiger partial charge in [-0.25, -0.2) is 0 Å². The molecule has 2 aromatic carbocycles. The highest BCUT2D eigenvalue weighted by atomic mass is 16.5. The van der Waals surface area contributed by atoms with Gasteiger partial charge in [-0.3, -0.25) is 0 Å². The fourth-order valence-electron chi connectivity index (χ4n) is 2.75. The summed E-state index contributed by atoms with van der Waals surface area (Å²) in [5, 5.41) is 0. The number of nitrogens with two attached hydrogens (primary N) is 1. The standard InChI is InChI=1S/C20H27NO3/c1-14(2)24-18-7-5-6-15(11-18)10-17(13-21)16-8-9-19(22-3)20(12-16)23-4/h5-9,11-12,14,17H,10,13,21H2,1-4H3. The highest BCUT2D eigenvalue weighted by molar-refractivity contribution is 5.44. The lowest BCUT2D eigenvalue weighted by atomic mass is 9.91. The van der Waals surface area contributed by atoms with Gasteiger partial charge >= 0.3 is 0 Å². The van der Waals surface area contributed by atoms with Crippen molar-refractivity contribution in [2.75, 3.05) is 20.8 Å². The first-order valence-corrected chi connectivity index (χ1v) is 8.25. The molecule has 0 aliphatic carbocycles. The number of benzene rings is 2. The van der Waals surface area contributed by atoms with Gasteiger partial charge in [-0.15, -0.1) is 0 Å². The van der Waals surface area contributed by atoms with E-state index in [0.717, 1.165) is 29.2 Å². The number of hydrogen-bond donors (Lipinski definition) is 1. The lowest BCUT2D eigenvalue weighted by Crippen LogP contribution is -2.15. The molecule has 0 fully saturated rings. The maximum Gasteiger partial charge on any atom is 0.160 e. The van der Waals surface area contributed by atoms with E-state index in [4.69, 9.17) is 19.9 Å². The van der Waals surface area contributed by atoms with Gasteiger partial charge in [0.15, 0.2) is 11.5 Å². The Morgan fingerprint density at radius 2 is 1.71 bits per heavy atom. The first-order valence-electron chi connectivity index (χ1n) is 8.25. The SMILES string of the molecule is COc1ccc(C(CN)Cc2cccc(OC(C)C)c2)cc1OC. The van der Waals surface area contributed by atoms with Crippen LogP contribution >= 0.6 is 0 Å². The van der Waals surface area contributed by atoms with Crippen molar-refractivity contribution in [1.82, 2.24) is 0 Å². The van der Waals surface area contributed by atoms with Crippen molar-refractivity contribution in [3.63, 3.8) is 0 Å². The van der Waals surface area contributed by atoms with Gasteiger partial charge in [0.25, 0.3) is 0 Å². The molecule has 130 valence electrons. The van der Waals surface area contributed by atoms with Crippen LogP contribution in [-0.2, 0) is 6.42 Å². The maximum absolute atomic E-state index is 6.03. The third kappa shape index (κ3) is 4.65. The average Bonchev–Trinajstić information content (AvgIpc) is 2.58. The van der Waals surface area contributed by atoms with Crippen LogP contribution in [0.1, 0.15) is 30.9 Å². The monoisotopic (exact) mass is 329 g/mol. The first-order chi connectivity index (χ1) is 11.6. The molecule has 4 heteroatoms. The first kappa shape index (κ1) is 18.1. The number of ether oxygens (including phenoxy) is 3. The van der Waals surface area contributed by atoms with Crippen LogP contribution in [0.15, 0.2) is 42.5 Å². The molecule has 0 bridgehead atoms. The molecule has 0 aliphatic rings. The number of rotatable bonds is 8. The largest absolute Gasteiger partial charge is 0.493 e. The minimum Gasteiger partial charge on any atom is -0.493 e. The van der Waals surface area contributed by atoms with Crippen LogP contribution in [0.2, 0.25) is 0 Å². The van der Waals surface area contributed by atoms with E-state index in [1.54, 1.807) is 14.2 Å². The molecule has 0 amide bonds. The third-order valence-electron chi connectivity index (χ3n) is 3.92. The van der Waals surface area contributed by atoms with Gasteiger partial charge in [0.05, 0.1) is 20.3 Å². The summed E-state index contributed by atoms with van der Waals surface area (Å²) >= 11 is 0. The number of hydrogen-bond acceptors (Lipinski definition) is 4. The van der Waals surface area contributed by atoms with Gasteiger partial charge in [0, 0.05) is 5.92 Å². The summed E-state index contributed by atoms with van der Waals surface area (Å²) < 4.78 is 16.5. The second-order valence-electron chi connectivity index (χ2n) is 6.07. The molecule has 0 heterocycles. The minimum absolute atomic E-state index is 0.163. The summed E-state index contributed by atoms with van der Waals surface area (Å²) in [5.41, 5.74) is 8.38. The summed E-state index contributed by atoms with van der Waals surface area (Å²) in [5.74, 6) is 2.55. The molecule has 2 rings (SSSR count). The molecule has 0 aliphatic heterocycles. The second-order valence-corrected chi connectivity index (χ2v) is 6.07. The van der Waals surface area contributed by atoms with E-state index in [-0.39, 0.29) is 12.0 Å². The Morgan fingerprint density at radius 1 is 0.958 bits per heavy atom. The van der Waals surface area contributed by atoms with Crippen molar-refractivity contribution < 1.29 is 14.2 Å². The number of methoxy groups -OCH3 is 2. The van der Waals surface area contributed by atoms with Crippen LogP contribution in [0.5, 0.6) is 17.2 Å². The van der Waals surface area contributed by atoms with Gasteiger partial charge in [-0.1, -0.05) is 18.2 Å². The Morgan fingerprint density at radius 3 is 2.33 bits per heavy atom. The van der Waals surface area contributed by atoms with Gasteiger partial charge in [-0.2, -0.15) is 0 Å². The molecule has 0 aromatic heterocycles. The molecule has 0 spiro atoms. The quantitative estimate of drug-likeness (QED) is 0.801. The summed E-state index contributed by atoms with van der Waals surface area (Å²) in [6.07, 6.45) is 1.01. The molecule has 0 saturated carbocycles. The van der Waals surface area contributed by atoms with Crippen LogP contribution < -0.4 is 19.9 Å². The van der Waals surface area contributed by atoms with E-state index in [1.807, 2.05) is 44.2 Å². The zero-order valence-corrected chi connectivity index (χ0v) is 14.9. The zero-order valence-electron chi connectivity index (χ0n) is 14.9. The fourth-order valence-corrected chi connectivity index (χ4v) is 2.75. The molecule has 0 radical (unpaired) electrons. The Labute approximate surface area is 144 Å². The van der Waals surface area contributed by atoms with Crippen LogP contribution in [-0.4, -0.2) is 26.9 Å². The van der Waals surface area contributed by atoms with Crippen LogP contribution in [0.25, 0.3) is 0 Å². The summed E-state index contributed by atoms with van der Waals surface area (Å²) in [7, 11) is 3.28. The van der Waals surface area contributed by atoms with Crippen molar-refractivity contribution >= 4 is 0 Å². The van der Waals surface area contributed by atoms with E-state index in [9.17, 15) is 0 Å². The van der Waals surface area contributed by atoms with E-state index in [1.165, 1.54) is 5.56 Å². The summed E-state index contributed by atoms with van der Waals surface area (Å²) in [6.45, 7) is 4.61. The molecule has 0 saturated heterocycles. The molecule has 2 N–H and O–H groups in total. The Bertz CT molecular complexity index is 655. The molecular weight excluding hydrogens is 302 g/mol. The van der Waals surface area contributed by atoms with Crippen LogP contribution in [0.3, 0.4) is 0 Å². The Hall–Kier alpha value is -2.20. The van der Waals surface area contributed by atoms with Crippen molar-refractivity contribution in [1.29, 1.82) is 0 Å². The predicted molar refractivity (Wildman–Crippen MR) is 97.3 cm³/mol. The second kappa shape index (κ2) is 8.60. The van der Waals surface area contributed by atoms with Crippen molar-refractivity contribution in [2.45, 2.75) is 32.3 Å². The Balaban J connectivity index is 2.20. The molecule has 1 atom stereocenters. The molecule has 1 unspecified atom stereocenters. The van der Waals surface area contributed by atoms with Crippen LogP contribution in [0.4, 0.5) is 0 Å². The highest BCUT2D eigenvalue weighted by Crippen LogP contribution is 2.32. The van der Waals surface area contributed by atoms with Gasteiger partial charge in [0.1, 0.15) is 5.75 Å². The predicted octanol–water partition coefficient (Wildman–Crippen LogP) is 3.78. The van der Waals surface area contributed by atoms with Gasteiger partial charge in [0.2, 0.25) is 0 Å². The van der Waals surface area contributed by atoms with E-state index in [2.05, 4.69) is 12.1 Å². The summed E-state index contributed by atoms with van der Waals surface area (Å²) in [4.78, 5) is 0. The average molecular weight is 329 g/mol. The lowest BCUT2D eigenvalue weighted by Gasteiger charge is -2.18. The van der Waals surface area contributed by atoms with E-state index in [0.29, 0.717) is 6.54 Å².